The number of anilines is 1. The van der Waals surface area contributed by atoms with Gasteiger partial charge in [0.05, 0.1) is 5.54 Å². The molecule has 23 heavy (non-hydrogen) atoms. The molecule has 0 aliphatic heterocycles. The number of carbonyl (C=O) groups is 1. The minimum Gasteiger partial charge on any atom is -0.324 e. The highest BCUT2D eigenvalue weighted by Crippen LogP contribution is 2.29. The number of aromatic nitrogens is 4. The van der Waals surface area contributed by atoms with Crippen molar-refractivity contribution < 1.29 is 4.79 Å². The molecular weight excluding hydrogens is 316 g/mol. The maximum atomic E-state index is 12.4. The maximum absolute atomic E-state index is 12.4. The highest BCUT2D eigenvalue weighted by Gasteiger charge is 2.36. The summed E-state index contributed by atoms with van der Waals surface area (Å²) < 4.78 is 1.71. The van der Waals surface area contributed by atoms with Crippen LogP contribution in [0.3, 0.4) is 0 Å². The first-order chi connectivity index (χ1) is 10.6. The summed E-state index contributed by atoms with van der Waals surface area (Å²) in [6.07, 6.45) is 3.50. The Hall–Kier alpha value is -1.99. The van der Waals surface area contributed by atoms with Crippen LogP contribution in [0.25, 0.3) is 11.4 Å². The van der Waals surface area contributed by atoms with Crippen molar-refractivity contribution in [2.24, 2.45) is 5.73 Å². The quantitative estimate of drug-likeness (QED) is 0.889. The van der Waals surface area contributed by atoms with Crippen molar-refractivity contribution in [3.63, 3.8) is 0 Å². The summed E-state index contributed by atoms with van der Waals surface area (Å²) in [6.45, 7) is 2.66. The van der Waals surface area contributed by atoms with Gasteiger partial charge in [-0.25, -0.2) is 4.68 Å². The van der Waals surface area contributed by atoms with Crippen molar-refractivity contribution in [2.75, 3.05) is 5.32 Å². The summed E-state index contributed by atoms with van der Waals surface area (Å²) in [7, 11) is 0. The second kappa shape index (κ2) is 7.06. The van der Waals surface area contributed by atoms with Gasteiger partial charge in [-0.1, -0.05) is 25.0 Å². The topological polar surface area (TPSA) is 98.7 Å². The first-order valence-corrected chi connectivity index (χ1v) is 7.59. The van der Waals surface area contributed by atoms with Crippen molar-refractivity contribution in [3.05, 3.63) is 24.3 Å². The van der Waals surface area contributed by atoms with Gasteiger partial charge in [-0.05, 0) is 42.3 Å². The van der Waals surface area contributed by atoms with E-state index in [1.807, 2.05) is 31.2 Å². The maximum Gasteiger partial charge on any atom is 0.244 e. The lowest BCUT2D eigenvalue weighted by atomic mass is 9.98. The van der Waals surface area contributed by atoms with Crippen molar-refractivity contribution >= 4 is 24.0 Å². The van der Waals surface area contributed by atoms with Gasteiger partial charge in [0.15, 0.2) is 5.82 Å². The molecule has 3 N–H and O–H groups in total. The average molecular weight is 337 g/mol. The Morgan fingerprint density at radius 3 is 2.83 bits per heavy atom. The van der Waals surface area contributed by atoms with Crippen LogP contribution in [0.15, 0.2) is 24.3 Å². The molecule has 3 rings (SSSR count). The Kier molecular flexibility index (Phi) is 5.33. The predicted molar refractivity (Wildman–Crippen MR) is 90.2 cm³/mol. The van der Waals surface area contributed by atoms with Crippen LogP contribution in [0.2, 0.25) is 0 Å². The molecule has 1 heterocycles. The molecule has 2 aromatic rings. The van der Waals surface area contributed by atoms with Gasteiger partial charge in [-0.3, -0.25) is 4.79 Å². The second-order valence-corrected chi connectivity index (χ2v) is 5.72. The average Bonchev–Trinajstić information content (AvgIpc) is 3.16. The van der Waals surface area contributed by atoms with Gasteiger partial charge >= 0.3 is 0 Å². The number of rotatable bonds is 4. The smallest absolute Gasteiger partial charge is 0.244 e. The fraction of sp³-hybridized carbons (Fsp3) is 0.467. The molecule has 1 amide bonds. The van der Waals surface area contributed by atoms with Gasteiger partial charge in [0, 0.05) is 17.8 Å². The second-order valence-electron chi connectivity index (χ2n) is 5.72. The lowest BCUT2D eigenvalue weighted by Crippen LogP contribution is -2.48. The first-order valence-electron chi connectivity index (χ1n) is 7.59. The molecule has 1 aliphatic carbocycles. The van der Waals surface area contributed by atoms with Gasteiger partial charge in [-0.15, -0.1) is 17.5 Å². The summed E-state index contributed by atoms with van der Waals surface area (Å²) in [5, 5.41) is 14.6. The van der Waals surface area contributed by atoms with Crippen LogP contribution in [0.1, 0.15) is 32.6 Å². The highest BCUT2D eigenvalue weighted by molar-refractivity contribution is 5.98. The SMILES string of the molecule is CCn1nnnc1-c1cccc(NC(=O)C2(N)CCCC2)c1.Cl. The number of tetrazole rings is 1. The molecule has 0 radical (unpaired) electrons. The van der Waals surface area contributed by atoms with Crippen LogP contribution in [-0.2, 0) is 11.3 Å². The number of aryl methyl sites for hydroxylation is 1. The number of nitrogens with two attached hydrogens (primary N) is 1. The minimum atomic E-state index is -0.735. The predicted octanol–water partition coefficient (Wildman–Crippen LogP) is 1.99. The Bertz CT molecular complexity index is 680. The summed E-state index contributed by atoms with van der Waals surface area (Å²) in [5.41, 5.74) is 7.02. The van der Waals surface area contributed by atoms with E-state index in [1.165, 1.54) is 0 Å². The molecule has 1 saturated carbocycles. The number of amides is 1. The number of benzene rings is 1. The Morgan fingerprint density at radius 1 is 1.39 bits per heavy atom. The van der Waals surface area contributed by atoms with E-state index in [1.54, 1.807) is 4.68 Å². The third kappa shape index (κ3) is 3.51. The van der Waals surface area contributed by atoms with Gasteiger partial charge in [0.1, 0.15) is 0 Å². The third-order valence-electron chi connectivity index (χ3n) is 4.16. The molecule has 0 spiro atoms. The van der Waals surface area contributed by atoms with Crippen LogP contribution in [0, 0.1) is 0 Å². The number of hydrogen-bond donors (Lipinski definition) is 2. The molecule has 0 atom stereocenters. The van der Waals surface area contributed by atoms with Gasteiger partial charge in [0.2, 0.25) is 5.91 Å². The molecule has 1 fully saturated rings. The Balaban J connectivity index is 0.00000192. The minimum absolute atomic E-state index is 0. The molecule has 0 saturated heterocycles. The highest BCUT2D eigenvalue weighted by atomic mass is 35.5. The van der Waals surface area contributed by atoms with E-state index in [-0.39, 0.29) is 18.3 Å². The van der Waals surface area contributed by atoms with Crippen LogP contribution in [-0.4, -0.2) is 31.7 Å². The molecule has 124 valence electrons. The molecule has 1 aromatic heterocycles. The molecule has 1 aliphatic rings. The largest absolute Gasteiger partial charge is 0.324 e. The zero-order valence-corrected chi connectivity index (χ0v) is 13.8. The summed E-state index contributed by atoms with van der Waals surface area (Å²) >= 11 is 0. The zero-order chi connectivity index (χ0) is 15.6. The van der Waals surface area contributed by atoms with E-state index in [0.717, 1.165) is 31.2 Å². The normalized spacial score (nSPS) is 15.9. The third-order valence-corrected chi connectivity index (χ3v) is 4.16. The standard InChI is InChI=1S/C15H20N6O.ClH/c1-2-21-13(18-19-20-21)11-6-5-7-12(10-11)17-14(22)15(16)8-3-4-9-15;/h5-7,10H,2-4,8-9,16H2,1H3,(H,17,22);1H. The summed E-state index contributed by atoms with van der Waals surface area (Å²) in [4.78, 5) is 12.4. The van der Waals surface area contributed by atoms with Gasteiger partial charge in [-0.2, -0.15) is 0 Å². The van der Waals surface area contributed by atoms with Crippen LogP contribution in [0.4, 0.5) is 5.69 Å². The number of nitrogens with one attached hydrogen (secondary N) is 1. The van der Waals surface area contributed by atoms with Crippen LogP contribution >= 0.6 is 12.4 Å². The fourth-order valence-corrected chi connectivity index (χ4v) is 2.85. The molecule has 0 bridgehead atoms. The van der Waals surface area contributed by atoms with E-state index in [2.05, 4.69) is 20.8 Å². The van der Waals surface area contributed by atoms with Crippen molar-refractivity contribution in [1.82, 2.24) is 20.2 Å². The molecule has 0 unspecified atom stereocenters. The Morgan fingerprint density at radius 2 is 2.13 bits per heavy atom. The number of nitrogens with zero attached hydrogens (tertiary/aromatic N) is 4. The lowest BCUT2D eigenvalue weighted by molar-refractivity contribution is -0.121. The zero-order valence-electron chi connectivity index (χ0n) is 13.0. The van der Waals surface area contributed by atoms with E-state index in [0.29, 0.717) is 18.1 Å². The van der Waals surface area contributed by atoms with Crippen molar-refractivity contribution in [2.45, 2.75) is 44.7 Å². The Labute approximate surface area is 141 Å². The van der Waals surface area contributed by atoms with E-state index < -0.39 is 5.54 Å². The fourth-order valence-electron chi connectivity index (χ4n) is 2.85. The van der Waals surface area contributed by atoms with Crippen LogP contribution in [0.5, 0.6) is 0 Å². The van der Waals surface area contributed by atoms with Crippen molar-refractivity contribution in [3.8, 4) is 11.4 Å². The molecule has 1 aromatic carbocycles. The number of carbonyl (C=O) groups excluding carboxylic acids is 1. The van der Waals surface area contributed by atoms with E-state index in [9.17, 15) is 4.79 Å². The summed E-state index contributed by atoms with van der Waals surface area (Å²) in [6, 6.07) is 7.51. The van der Waals surface area contributed by atoms with E-state index >= 15 is 0 Å². The van der Waals surface area contributed by atoms with Gasteiger partial charge < -0.3 is 11.1 Å². The monoisotopic (exact) mass is 336 g/mol. The molecular formula is C15H21ClN6O. The van der Waals surface area contributed by atoms with E-state index in [4.69, 9.17) is 5.73 Å². The molecule has 8 heteroatoms. The van der Waals surface area contributed by atoms with Crippen molar-refractivity contribution in [1.29, 1.82) is 0 Å². The number of halogens is 1. The number of hydrogen-bond acceptors (Lipinski definition) is 5. The van der Waals surface area contributed by atoms with Gasteiger partial charge in [0.25, 0.3) is 0 Å². The lowest BCUT2D eigenvalue weighted by Gasteiger charge is -2.22. The molecule has 7 nitrogen and oxygen atoms in total. The first kappa shape index (κ1) is 17.4. The summed E-state index contributed by atoms with van der Waals surface area (Å²) in [5.74, 6) is 0.569. The van der Waals surface area contributed by atoms with Crippen LogP contribution < -0.4 is 11.1 Å².